The highest BCUT2D eigenvalue weighted by Crippen LogP contribution is 2.49. The van der Waals surface area contributed by atoms with Crippen LogP contribution in [0.2, 0.25) is 0 Å². The zero-order chi connectivity index (χ0) is 68.8. The van der Waals surface area contributed by atoms with Crippen molar-refractivity contribution in [2.75, 3.05) is 66.2 Å². The second kappa shape index (κ2) is 28.9. The van der Waals surface area contributed by atoms with Gasteiger partial charge in [0.15, 0.2) is 28.8 Å². The molecule has 6 aliphatic rings. The van der Waals surface area contributed by atoms with E-state index in [0.29, 0.717) is 119 Å². The van der Waals surface area contributed by atoms with Crippen molar-refractivity contribution in [3.8, 4) is 52.4 Å². The summed E-state index contributed by atoms with van der Waals surface area (Å²) in [6, 6.07) is 48.9. The lowest BCUT2D eigenvalue weighted by atomic mass is 9.74. The van der Waals surface area contributed by atoms with Crippen LogP contribution in [0.15, 0.2) is 165 Å². The van der Waals surface area contributed by atoms with Crippen molar-refractivity contribution >= 4 is 17.7 Å². The van der Waals surface area contributed by atoms with Crippen molar-refractivity contribution in [3.05, 3.63) is 253 Å². The molecule has 3 spiro atoms. The van der Waals surface area contributed by atoms with E-state index >= 15 is 0 Å². The van der Waals surface area contributed by atoms with Crippen molar-refractivity contribution in [2.45, 2.75) is 109 Å². The number of fused-ring (bicyclic) bond motifs is 6. The lowest BCUT2D eigenvalue weighted by Gasteiger charge is -2.38. The van der Waals surface area contributed by atoms with Crippen LogP contribution in [-0.4, -0.2) is 98.6 Å². The second-order valence-electron chi connectivity index (χ2n) is 26.9. The van der Waals surface area contributed by atoms with Gasteiger partial charge in [-0.1, -0.05) is 84.6 Å². The molecule has 6 N–H and O–H groups in total. The molecule has 9 heterocycles. The highest BCUT2D eigenvalue weighted by atomic mass is 16.5. The van der Waals surface area contributed by atoms with Gasteiger partial charge >= 0.3 is 0 Å². The van der Waals surface area contributed by atoms with Gasteiger partial charge in [0.25, 0.3) is 17.7 Å². The third-order valence-corrected chi connectivity index (χ3v) is 20.4. The topological polar surface area (TPSA) is 225 Å². The van der Waals surface area contributed by atoms with E-state index < -0.39 is 0 Å². The molecule has 0 atom stereocenters. The van der Waals surface area contributed by atoms with E-state index in [1.54, 1.807) is 37.4 Å². The van der Waals surface area contributed by atoms with Gasteiger partial charge in [-0.2, -0.15) is 0 Å². The Kier molecular flexibility index (Phi) is 19.6. The standard InChI is InChI=1S/C28H28N2O3.C27H30N2O4.C27H26N2O4/c1-19-3-4-20(2)22(15-19)6-7-23-8-10-26(33-23)27(31)30-13-11-28(12-14-30)18-32-25-9-5-21(17-29)16-24(25)28;1-18-3-4-19(2)25(13-18)31-16-21-6-8-24(33-21)26(30)29-11-9-27(10-12-29)17-32-23-7-5-20(15-28)14-22(23)27;1-31-23-5-3-2-4-20(23)7-8-21-9-11-25(33-21)26(30)29-14-12-27(13-15-29)18-32-24-10-6-19(17-28)16-22(24)27/h3-5,8-10,15-16H,11-14,17-18,29H2,1-2H3;3-8,13-14H,9-12,15-17,28H2,1-2H3;2-6,9-11,16H,12-15,17-18,28H2,1H3. The number of ether oxygens (including phenoxy) is 5. The third-order valence-electron chi connectivity index (χ3n) is 20.4. The van der Waals surface area contributed by atoms with Crippen molar-refractivity contribution in [1.29, 1.82) is 0 Å². The quantitative estimate of drug-likeness (QED) is 0.108. The number of likely N-dealkylation sites (tertiary alicyclic amines) is 3. The van der Waals surface area contributed by atoms with Crippen LogP contribution in [0.4, 0.5) is 0 Å². The zero-order valence-electron chi connectivity index (χ0n) is 56.9. The van der Waals surface area contributed by atoms with Gasteiger partial charge in [0.05, 0.1) is 32.5 Å². The van der Waals surface area contributed by atoms with E-state index in [9.17, 15) is 14.4 Å². The minimum atomic E-state index is -0.106. The molecule has 3 aromatic heterocycles. The second-order valence-corrected chi connectivity index (χ2v) is 26.9. The molecule has 99 heavy (non-hydrogen) atoms. The maximum Gasteiger partial charge on any atom is 0.289 e. The Hall–Kier alpha value is -10.4. The average Bonchev–Trinajstić information content (AvgIpc) is 1.64. The number of benzene rings is 6. The summed E-state index contributed by atoms with van der Waals surface area (Å²) in [5, 5.41) is 0. The number of piperidine rings is 3. The van der Waals surface area contributed by atoms with Gasteiger partial charge in [0.2, 0.25) is 0 Å². The number of carbonyl (C=O) groups excluding carboxylic acids is 3. The maximum atomic E-state index is 13.1. The summed E-state index contributed by atoms with van der Waals surface area (Å²) in [4.78, 5) is 44.8. The molecule has 17 heteroatoms. The van der Waals surface area contributed by atoms with Crippen LogP contribution in [0, 0.1) is 51.4 Å². The molecule has 0 bridgehead atoms. The number of carbonyl (C=O) groups is 3. The predicted octanol–water partition coefficient (Wildman–Crippen LogP) is 12.5. The van der Waals surface area contributed by atoms with Gasteiger partial charge in [-0.25, -0.2) is 0 Å². The fourth-order valence-corrected chi connectivity index (χ4v) is 14.2. The maximum absolute atomic E-state index is 13.1. The summed E-state index contributed by atoms with van der Waals surface area (Å²) in [7, 11) is 1.61. The van der Waals surface area contributed by atoms with Crippen LogP contribution in [-0.2, 0) is 42.5 Å². The van der Waals surface area contributed by atoms with E-state index in [0.717, 1.165) is 112 Å². The van der Waals surface area contributed by atoms with Gasteiger partial charge < -0.3 is 68.8 Å². The molecule has 3 amide bonds. The average molecular weight is 1330 g/mol. The molecule has 3 fully saturated rings. The summed E-state index contributed by atoms with van der Waals surface area (Å²) >= 11 is 0. The van der Waals surface area contributed by atoms with Gasteiger partial charge in [0.1, 0.15) is 41.1 Å². The van der Waals surface area contributed by atoms with Crippen molar-refractivity contribution < 1.29 is 51.3 Å². The Morgan fingerprint density at radius 2 is 0.848 bits per heavy atom. The molecule has 3 saturated heterocycles. The van der Waals surface area contributed by atoms with Crippen molar-refractivity contribution in [1.82, 2.24) is 14.7 Å². The Labute approximate surface area is 578 Å². The number of rotatable bonds is 10. The summed E-state index contributed by atoms with van der Waals surface area (Å²) in [6.07, 6.45) is 5.15. The van der Waals surface area contributed by atoms with Gasteiger partial charge in [-0.05, 0) is 196 Å². The molecule has 9 aromatic rings. The number of furan rings is 3. The molecule has 0 saturated carbocycles. The summed E-state index contributed by atoms with van der Waals surface area (Å²) in [6.45, 7) is 15.9. The number of para-hydroxylation sites is 1. The normalized spacial score (nSPS) is 16.2. The first-order valence-electron chi connectivity index (χ1n) is 34.1. The number of methoxy groups -OCH3 is 1. The highest BCUT2D eigenvalue weighted by Gasteiger charge is 2.47. The number of aryl methyl sites for hydroxylation is 4. The Bertz CT molecular complexity index is 4610. The van der Waals surface area contributed by atoms with Crippen LogP contribution in [0.25, 0.3) is 0 Å². The Balaban J connectivity index is 0.000000133. The van der Waals surface area contributed by atoms with E-state index in [-0.39, 0.29) is 40.6 Å². The number of amides is 3. The molecule has 6 aliphatic heterocycles. The molecule has 15 rings (SSSR count). The van der Waals surface area contributed by atoms with Crippen LogP contribution >= 0.6 is 0 Å². The molecular formula is C82H84N6O11. The first-order chi connectivity index (χ1) is 48.1. The summed E-state index contributed by atoms with van der Waals surface area (Å²) < 4.78 is 46.5. The monoisotopic (exact) mass is 1330 g/mol. The third kappa shape index (κ3) is 14.3. The van der Waals surface area contributed by atoms with Gasteiger partial charge in [-0.3, -0.25) is 14.4 Å². The molecule has 0 unspecified atom stereocenters. The van der Waals surface area contributed by atoms with Crippen molar-refractivity contribution in [2.24, 2.45) is 17.2 Å². The van der Waals surface area contributed by atoms with E-state index in [2.05, 4.69) is 66.1 Å². The van der Waals surface area contributed by atoms with Crippen LogP contribution in [0.3, 0.4) is 0 Å². The molecular weight excluding hydrogens is 1240 g/mol. The number of nitrogens with two attached hydrogens (primary N) is 3. The first-order valence-corrected chi connectivity index (χ1v) is 34.1. The lowest BCUT2D eigenvalue weighted by Crippen LogP contribution is -2.46. The predicted molar refractivity (Wildman–Crippen MR) is 377 cm³/mol. The molecule has 0 radical (unpaired) electrons. The smallest absolute Gasteiger partial charge is 0.289 e. The SMILES string of the molecule is COc1ccccc1C#Cc1ccc(C(=O)N2CCC3(CC2)COc2ccc(CN)cc23)o1.Cc1ccc(C)c(C#Cc2ccc(C(=O)N3CCC4(CC3)COc3ccc(CN)cc34)o2)c1.Cc1ccc(C)c(OCc2ccc(C(=O)N3CCC4(CC3)COc3ccc(CN)cc34)o2)c1. The zero-order valence-corrected chi connectivity index (χ0v) is 56.9. The Morgan fingerprint density at radius 1 is 0.434 bits per heavy atom. The van der Waals surface area contributed by atoms with Crippen LogP contribution < -0.4 is 40.9 Å². The number of nitrogens with zero attached hydrogens (tertiary/aromatic N) is 3. The minimum Gasteiger partial charge on any atom is -0.495 e. The minimum absolute atomic E-state index is 0.0366. The fraction of sp³-hybridized carbons (Fsp3) is 0.329. The molecule has 17 nitrogen and oxygen atoms in total. The van der Waals surface area contributed by atoms with Gasteiger partial charge in [-0.15, -0.1) is 0 Å². The molecule has 508 valence electrons. The highest BCUT2D eigenvalue weighted by molar-refractivity contribution is 5.93. The summed E-state index contributed by atoms with van der Waals surface area (Å²) in [5.74, 6) is 19.0. The van der Waals surface area contributed by atoms with E-state index in [4.69, 9.17) is 54.1 Å². The van der Waals surface area contributed by atoms with Gasteiger partial charge in [0, 0.05) is 97.4 Å². The lowest BCUT2D eigenvalue weighted by molar-refractivity contribution is 0.0606. The molecule has 6 aromatic carbocycles. The summed E-state index contributed by atoms with van der Waals surface area (Å²) in [5.41, 5.74) is 30.7. The number of hydrogen-bond donors (Lipinski definition) is 3. The van der Waals surface area contributed by atoms with E-state index in [1.807, 2.05) is 121 Å². The fourth-order valence-electron chi connectivity index (χ4n) is 14.2. The number of hydrogen-bond acceptors (Lipinski definition) is 14. The first kappa shape index (κ1) is 67.2. The largest absolute Gasteiger partial charge is 0.495 e. The van der Waals surface area contributed by atoms with E-state index in [1.165, 1.54) is 16.7 Å². The van der Waals surface area contributed by atoms with Crippen molar-refractivity contribution in [3.63, 3.8) is 0 Å². The van der Waals surface area contributed by atoms with Crippen LogP contribution in [0.1, 0.15) is 154 Å². The van der Waals surface area contributed by atoms with Crippen LogP contribution in [0.5, 0.6) is 28.7 Å². The molecule has 0 aliphatic carbocycles. The Morgan fingerprint density at radius 3 is 1.30 bits per heavy atom.